The Labute approximate surface area is 83.7 Å². The van der Waals surface area contributed by atoms with Crippen molar-refractivity contribution in [3.63, 3.8) is 0 Å². The highest BCUT2D eigenvalue weighted by Gasteiger charge is 2.01. The zero-order chi connectivity index (χ0) is 11.0. The fourth-order valence-corrected chi connectivity index (χ4v) is 0.777. The lowest BCUT2D eigenvalue weighted by Crippen LogP contribution is -1.97. The number of rotatable bonds is 5. The summed E-state index contributed by atoms with van der Waals surface area (Å²) in [6.45, 7) is 5.23. The van der Waals surface area contributed by atoms with Gasteiger partial charge in [0.15, 0.2) is 0 Å². The average molecular weight is 194 g/mol. The Kier molecular flexibility index (Phi) is 5.87. The van der Waals surface area contributed by atoms with Gasteiger partial charge in [-0.3, -0.25) is 0 Å². The van der Waals surface area contributed by atoms with Gasteiger partial charge in [-0.1, -0.05) is 12.7 Å². The molecule has 0 saturated carbocycles. The van der Waals surface area contributed by atoms with E-state index in [9.17, 15) is 4.79 Å². The number of carboxylic acid groups (broad SMARTS) is 1. The molecule has 0 spiro atoms. The molecule has 0 fully saturated rings. The van der Waals surface area contributed by atoms with Crippen molar-refractivity contribution in [3.8, 4) is 0 Å². The van der Waals surface area contributed by atoms with Crippen molar-refractivity contribution < 1.29 is 14.6 Å². The van der Waals surface area contributed by atoms with Crippen LogP contribution in [0.15, 0.2) is 48.3 Å². The van der Waals surface area contributed by atoms with Gasteiger partial charge < -0.3 is 9.84 Å². The average Bonchev–Trinajstić information content (AvgIpc) is 2.14. The van der Waals surface area contributed by atoms with Crippen LogP contribution in [-0.2, 0) is 9.53 Å². The van der Waals surface area contributed by atoms with Gasteiger partial charge >= 0.3 is 5.97 Å². The molecule has 76 valence electrons. The second kappa shape index (κ2) is 6.71. The van der Waals surface area contributed by atoms with Crippen molar-refractivity contribution in [3.05, 3.63) is 48.3 Å². The van der Waals surface area contributed by atoms with Crippen molar-refractivity contribution in [2.45, 2.75) is 6.92 Å². The second-order valence-electron chi connectivity index (χ2n) is 2.59. The third-order valence-corrected chi connectivity index (χ3v) is 1.39. The summed E-state index contributed by atoms with van der Waals surface area (Å²) in [6.07, 6.45) is 7.58. The van der Waals surface area contributed by atoms with Gasteiger partial charge in [0.25, 0.3) is 0 Å². The summed E-state index contributed by atoms with van der Waals surface area (Å²) in [5.74, 6) is -0.977. The van der Waals surface area contributed by atoms with E-state index in [0.717, 1.165) is 5.57 Å². The van der Waals surface area contributed by atoms with E-state index < -0.39 is 5.97 Å². The lowest BCUT2D eigenvalue weighted by Gasteiger charge is -1.95. The summed E-state index contributed by atoms with van der Waals surface area (Å²) in [4.78, 5) is 10.7. The molecular formula is C11H14O3. The van der Waals surface area contributed by atoms with Crippen LogP contribution >= 0.6 is 0 Å². The Morgan fingerprint density at radius 3 is 2.57 bits per heavy atom. The molecule has 0 heterocycles. The number of hydrogen-bond acceptors (Lipinski definition) is 2. The molecule has 0 amide bonds. The molecule has 3 heteroatoms. The number of ether oxygens (including phenoxy) is 1. The van der Waals surface area contributed by atoms with Gasteiger partial charge in [0.05, 0.1) is 18.9 Å². The van der Waals surface area contributed by atoms with Crippen molar-refractivity contribution in [2.75, 3.05) is 7.11 Å². The number of carbonyl (C=O) groups is 1. The third kappa shape index (κ3) is 4.98. The van der Waals surface area contributed by atoms with Crippen LogP contribution in [-0.4, -0.2) is 18.2 Å². The van der Waals surface area contributed by atoms with E-state index in [-0.39, 0.29) is 5.57 Å². The zero-order valence-corrected chi connectivity index (χ0v) is 8.36. The fourth-order valence-electron chi connectivity index (χ4n) is 0.777. The third-order valence-electron chi connectivity index (χ3n) is 1.39. The van der Waals surface area contributed by atoms with Gasteiger partial charge in [-0.15, -0.1) is 0 Å². The molecule has 0 atom stereocenters. The topological polar surface area (TPSA) is 46.5 Å². The lowest BCUT2D eigenvalue weighted by molar-refractivity contribution is -0.132. The van der Waals surface area contributed by atoms with E-state index in [0.29, 0.717) is 0 Å². The van der Waals surface area contributed by atoms with Gasteiger partial charge in [0.1, 0.15) is 0 Å². The molecule has 0 radical (unpaired) electrons. The van der Waals surface area contributed by atoms with Gasteiger partial charge in [-0.05, 0) is 30.7 Å². The monoisotopic (exact) mass is 194 g/mol. The molecule has 0 unspecified atom stereocenters. The van der Waals surface area contributed by atoms with Crippen LogP contribution in [0.25, 0.3) is 0 Å². The number of methoxy groups -OCH3 is 1. The van der Waals surface area contributed by atoms with Crippen LogP contribution < -0.4 is 0 Å². The summed E-state index contributed by atoms with van der Waals surface area (Å²) < 4.78 is 4.71. The number of hydrogen-bond donors (Lipinski definition) is 1. The van der Waals surface area contributed by atoms with Crippen LogP contribution in [0.2, 0.25) is 0 Å². The molecular weight excluding hydrogens is 180 g/mol. The predicted molar refractivity (Wildman–Crippen MR) is 55.8 cm³/mol. The molecule has 1 N–H and O–H groups in total. The lowest BCUT2D eigenvalue weighted by atomic mass is 10.1. The van der Waals surface area contributed by atoms with E-state index in [1.165, 1.54) is 25.5 Å². The highest BCUT2D eigenvalue weighted by atomic mass is 16.5. The van der Waals surface area contributed by atoms with E-state index in [2.05, 4.69) is 6.58 Å². The molecule has 0 aromatic rings. The molecule has 0 aliphatic rings. The van der Waals surface area contributed by atoms with Gasteiger partial charge in [0.2, 0.25) is 0 Å². The molecule has 0 aromatic carbocycles. The molecule has 0 aliphatic carbocycles. The zero-order valence-electron chi connectivity index (χ0n) is 8.36. The smallest absolute Gasteiger partial charge is 0.335 e. The fraction of sp³-hybridized carbons (Fsp3) is 0.182. The molecule has 0 aromatic heterocycles. The summed E-state index contributed by atoms with van der Waals surface area (Å²) in [5.41, 5.74) is 0.987. The van der Waals surface area contributed by atoms with Crippen molar-refractivity contribution >= 4 is 5.97 Å². The summed E-state index contributed by atoms with van der Waals surface area (Å²) in [6, 6.07) is 0. The first-order valence-electron chi connectivity index (χ1n) is 4.05. The first-order chi connectivity index (χ1) is 6.61. The Bertz CT molecular complexity index is 296. The molecule has 0 rings (SSSR count). The van der Waals surface area contributed by atoms with Gasteiger partial charge in [-0.2, -0.15) is 0 Å². The van der Waals surface area contributed by atoms with E-state index in [1.54, 1.807) is 19.1 Å². The largest absolute Gasteiger partial charge is 0.504 e. The number of aliphatic carboxylic acids is 1. The van der Waals surface area contributed by atoms with E-state index in [4.69, 9.17) is 9.84 Å². The Morgan fingerprint density at radius 1 is 1.50 bits per heavy atom. The SMILES string of the molecule is C=C\C=C(/C=C(C)/C=C\OC)C(=O)O. The maximum Gasteiger partial charge on any atom is 0.335 e. The minimum Gasteiger partial charge on any atom is -0.504 e. The number of allylic oxidation sites excluding steroid dienone is 4. The molecule has 3 nitrogen and oxygen atoms in total. The van der Waals surface area contributed by atoms with Crippen molar-refractivity contribution in [1.82, 2.24) is 0 Å². The molecule has 14 heavy (non-hydrogen) atoms. The summed E-state index contributed by atoms with van der Waals surface area (Å²) in [7, 11) is 1.53. The van der Waals surface area contributed by atoms with E-state index >= 15 is 0 Å². The van der Waals surface area contributed by atoms with Crippen LogP contribution in [0.3, 0.4) is 0 Å². The van der Waals surface area contributed by atoms with Crippen molar-refractivity contribution in [2.24, 2.45) is 0 Å². The van der Waals surface area contributed by atoms with Crippen LogP contribution in [0, 0.1) is 0 Å². The van der Waals surface area contributed by atoms with E-state index in [1.807, 2.05) is 0 Å². The Balaban J connectivity index is 4.73. The van der Waals surface area contributed by atoms with Gasteiger partial charge in [0, 0.05) is 0 Å². The normalized spacial score (nSPS) is 13.0. The maximum atomic E-state index is 10.7. The molecule has 0 saturated heterocycles. The molecule has 0 bridgehead atoms. The second-order valence-corrected chi connectivity index (χ2v) is 2.59. The summed E-state index contributed by atoms with van der Waals surface area (Å²) >= 11 is 0. The summed E-state index contributed by atoms with van der Waals surface area (Å²) in [5, 5.41) is 8.76. The van der Waals surface area contributed by atoms with Crippen molar-refractivity contribution in [1.29, 1.82) is 0 Å². The first kappa shape index (κ1) is 12.2. The quantitative estimate of drug-likeness (QED) is 0.415. The molecule has 0 aliphatic heterocycles. The Hall–Kier alpha value is -1.77. The Morgan fingerprint density at radius 2 is 2.14 bits per heavy atom. The maximum absolute atomic E-state index is 10.7. The first-order valence-corrected chi connectivity index (χ1v) is 4.05. The minimum absolute atomic E-state index is 0.193. The van der Waals surface area contributed by atoms with Crippen LogP contribution in [0.1, 0.15) is 6.92 Å². The predicted octanol–water partition coefficient (Wildman–Crippen LogP) is 2.29. The minimum atomic E-state index is -0.977. The number of carboxylic acids is 1. The van der Waals surface area contributed by atoms with Crippen LogP contribution in [0.4, 0.5) is 0 Å². The van der Waals surface area contributed by atoms with Gasteiger partial charge in [-0.25, -0.2) is 4.79 Å². The standard InChI is InChI=1S/C11H14O3/c1-4-5-10(11(12)13)8-9(2)6-7-14-3/h4-8H,1H2,2-3H3,(H,12,13)/b7-6-,9-8+,10-5+. The highest BCUT2D eigenvalue weighted by Crippen LogP contribution is 2.04. The van der Waals surface area contributed by atoms with Crippen LogP contribution in [0.5, 0.6) is 0 Å². The highest BCUT2D eigenvalue weighted by molar-refractivity contribution is 5.90.